The summed E-state index contributed by atoms with van der Waals surface area (Å²) in [6, 6.07) is 6.52. The molecule has 1 aliphatic heterocycles. The van der Waals surface area contributed by atoms with E-state index in [4.69, 9.17) is 0 Å². The van der Waals surface area contributed by atoms with Crippen LogP contribution in [0.2, 0.25) is 0 Å². The van der Waals surface area contributed by atoms with Gasteiger partial charge in [-0.25, -0.2) is 0 Å². The van der Waals surface area contributed by atoms with E-state index in [2.05, 4.69) is 18.9 Å². The van der Waals surface area contributed by atoms with Crippen LogP contribution in [0.5, 0.6) is 11.5 Å². The van der Waals surface area contributed by atoms with Gasteiger partial charge in [0.25, 0.3) is 0 Å². The summed E-state index contributed by atoms with van der Waals surface area (Å²) in [6.07, 6.45) is 4.89. The van der Waals surface area contributed by atoms with Crippen LogP contribution in [0, 0.1) is 0 Å². The number of fused-ring (bicyclic) bond motifs is 2. The molecule has 1 saturated heterocycles. The van der Waals surface area contributed by atoms with E-state index in [0.29, 0.717) is 12.1 Å². The predicted octanol–water partition coefficient (Wildman–Crippen LogP) is 3.19. The molecule has 2 fully saturated rings. The number of phenols is 2. The quantitative estimate of drug-likeness (QED) is 0.778. The minimum atomic E-state index is -0.0264. The number of hydrogen-bond acceptors (Lipinski definition) is 3. The highest BCUT2D eigenvalue weighted by atomic mass is 79.9. The van der Waals surface area contributed by atoms with E-state index in [1.54, 1.807) is 12.1 Å². The fourth-order valence-electron chi connectivity index (χ4n) is 4.05. The number of phenolic OH excluding ortho intramolecular Hbond substituents is 2. The molecule has 4 heteroatoms. The number of likely N-dealkylation sites (tertiary alicyclic amines) is 1. The highest BCUT2D eigenvalue weighted by Gasteiger charge is 2.51. The molecule has 1 heterocycles. The molecular formula is C15H22BrNO2. The van der Waals surface area contributed by atoms with Crippen molar-refractivity contribution in [2.75, 3.05) is 7.05 Å². The first-order valence-electron chi connectivity index (χ1n) is 6.79. The van der Waals surface area contributed by atoms with Gasteiger partial charge in [-0.2, -0.15) is 0 Å². The van der Waals surface area contributed by atoms with Crippen molar-refractivity contribution in [2.24, 2.45) is 0 Å². The lowest BCUT2D eigenvalue weighted by molar-refractivity contribution is 0.239. The molecule has 1 aliphatic carbocycles. The minimum Gasteiger partial charge on any atom is -0.504 e. The van der Waals surface area contributed by atoms with Gasteiger partial charge in [0.15, 0.2) is 11.5 Å². The highest BCUT2D eigenvalue weighted by molar-refractivity contribution is 8.93. The number of likely N-dealkylation sites (N-methyl/N-ethyl adjacent to an activating group) is 1. The van der Waals surface area contributed by atoms with Gasteiger partial charge in [-0.3, -0.25) is 4.90 Å². The summed E-state index contributed by atoms with van der Waals surface area (Å²) < 4.78 is 0. The topological polar surface area (TPSA) is 43.7 Å². The number of rotatable bonds is 1. The van der Waals surface area contributed by atoms with Crippen LogP contribution >= 0.6 is 17.0 Å². The molecule has 1 saturated carbocycles. The molecule has 0 aromatic heterocycles. The molecule has 2 bridgehead atoms. The lowest BCUT2D eigenvalue weighted by Crippen LogP contribution is -2.38. The Bertz CT molecular complexity index is 479. The zero-order chi connectivity index (χ0) is 12.9. The van der Waals surface area contributed by atoms with Crippen LogP contribution in [-0.4, -0.2) is 34.2 Å². The Morgan fingerprint density at radius 2 is 2.00 bits per heavy atom. The second kappa shape index (κ2) is 4.98. The lowest BCUT2D eigenvalue weighted by Gasteiger charge is -2.36. The standard InChI is InChI=1S/C15H21NO2.BrH/c1-10-15(7-3-4-12(9-15)16(10)2)11-5-6-13(17)14(18)8-11;/h5-6,8,10,12,17-18H,3-4,7,9H2,1-2H3;1H. The Kier molecular flexibility index (Phi) is 3.85. The van der Waals surface area contributed by atoms with Crippen molar-refractivity contribution in [2.45, 2.75) is 50.1 Å². The number of hydrogen-bond donors (Lipinski definition) is 2. The van der Waals surface area contributed by atoms with Crippen molar-refractivity contribution in [1.82, 2.24) is 4.90 Å². The monoisotopic (exact) mass is 327 g/mol. The fraction of sp³-hybridized carbons (Fsp3) is 0.600. The Balaban J connectivity index is 0.00000133. The lowest BCUT2D eigenvalue weighted by atomic mass is 9.67. The molecule has 1 aromatic rings. The fourth-order valence-corrected chi connectivity index (χ4v) is 4.05. The molecule has 0 radical (unpaired) electrons. The molecule has 106 valence electrons. The third-order valence-corrected chi connectivity index (χ3v) is 5.30. The van der Waals surface area contributed by atoms with Crippen LogP contribution in [0.3, 0.4) is 0 Å². The summed E-state index contributed by atoms with van der Waals surface area (Å²) in [6.45, 7) is 2.29. The molecule has 3 unspecified atom stereocenters. The Hall–Kier alpha value is -0.740. The summed E-state index contributed by atoms with van der Waals surface area (Å²) >= 11 is 0. The minimum absolute atomic E-state index is 0. The molecule has 1 aromatic carbocycles. The van der Waals surface area contributed by atoms with Crippen LogP contribution in [0.15, 0.2) is 18.2 Å². The summed E-state index contributed by atoms with van der Waals surface area (Å²) in [5, 5.41) is 19.2. The van der Waals surface area contributed by atoms with Crippen molar-refractivity contribution < 1.29 is 10.2 Å². The molecule has 3 nitrogen and oxygen atoms in total. The van der Waals surface area contributed by atoms with Crippen molar-refractivity contribution in [1.29, 1.82) is 0 Å². The third kappa shape index (κ3) is 2.05. The van der Waals surface area contributed by atoms with Crippen molar-refractivity contribution >= 4 is 17.0 Å². The molecule has 3 atom stereocenters. The van der Waals surface area contributed by atoms with E-state index in [1.165, 1.54) is 31.2 Å². The number of aromatic hydroxyl groups is 2. The summed E-state index contributed by atoms with van der Waals surface area (Å²) in [5.41, 5.74) is 1.34. The van der Waals surface area contributed by atoms with Crippen molar-refractivity contribution in [3.05, 3.63) is 23.8 Å². The van der Waals surface area contributed by atoms with Gasteiger partial charge < -0.3 is 10.2 Å². The third-order valence-electron chi connectivity index (χ3n) is 5.30. The number of nitrogens with zero attached hydrogens (tertiary/aromatic N) is 1. The van der Waals surface area contributed by atoms with Crippen LogP contribution in [0.1, 0.15) is 38.2 Å². The second-order valence-electron chi connectivity index (χ2n) is 5.95. The molecule has 0 spiro atoms. The smallest absolute Gasteiger partial charge is 0.157 e. The maximum atomic E-state index is 9.74. The molecule has 19 heavy (non-hydrogen) atoms. The normalized spacial score (nSPS) is 34.0. The zero-order valence-electron chi connectivity index (χ0n) is 11.5. The average molecular weight is 328 g/mol. The SMILES string of the molecule is Br.CC1N(C)C2CCCC1(c1ccc(O)c(O)c1)C2. The van der Waals surface area contributed by atoms with Gasteiger partial charge in [0.2, 0.25) is 0 Å². The first kappa shape index (κ1) is 14.7. The van der Waals surface area contributed by atoms with Crippen molar-refractivity contribution in [3.63, 3.8) is 0 Å². The number of halogens is 1. The van der Waals surface area contributed by atoms with E-state index >= 15 is 0 Å². The van der Waals surface area contributed by atoms with E-state index in [0.717, 1.165) is 0 Å². The molecule has 3 rings (SSSR count). The van der Waals surface area contributed by atoms with Crippen LogP contribution < -0.4 is 0 Å². The van der Waals surface area contributed by atoms with Gasteiger partial charge in [-0.1, -0.05) is 12.5 Å². The number of benzene rings is 1. The Morgan fingerprint density at radius 3 is 2.68 bits per heavy atom. The average Bonchev–Trinajstić information content (AvgIpc) is 2.55. The highest BCUT2D eigenvalue weighted by Crippen LogP contribution is 2.51. The van der Waals surface area contributed by atoms with E-state index in [9.17, 15) is 10.2 Å². The Labute approximate surface area is 125 Å². The molecule has 0 amide bonds. The van der Waals surface area contributed by atoms with Crippen LogP contribution in [0.4, 0.5) is 0 Å². The van der Waals surface area contributed by atoms with Gasteiger partial charge in [0, 0.05) is 17.5 Å². The van der Waals surface area contributed by atoms with E-state index in [-0.39, 0.29) is 33.9 Å². The predicted molar refractivity (Wildman–Crippen MR) is 81.3 cm³/mol. The summed E-state index contributed by atoms with van der Waals surface area (Å²) in [4.78, 5) is 2.48. The van der Waals surface area contributed by atoms with Gasteiger partial charge in [-0.15, -0.1) is 17.0 Å². The molecule has 2 aliphatic rings. The van der Waals surface area contributed by atoms with Crippen LogP contribution in [0.25, 0.3) is 0 Å². The van der Waals surface area contributed by atoms with E-state index < -0.39 is 0 Å². The van der Waals surface area contributed by atoms with Gasteiger partial charge in [-0.05, 0) is 50.9 Å². The zero-order valence-corrected chi connectivity index (χ0v) is 13.2. The first-order valence-corrected chi connectivity index (χ1v) is 6.79. The maximum Gasteiger partial charge on any atom is 0.157 e. The first-order chi connectivity index (χ1) is 8.54. The second-order valence-corrected chi connectivity index (χ2v) is 5.95. The molecule has 2 N–H and O–H groups in total. The largest absolute Gasteiger partial charge is 0.504 e. The summed E-state index contributed by atoms with van der Waals surface area (Å²) in [5.74, 6) is -0.0211. The maximum absolute atomic E-state index is 9.74. The van der Waals surface area contributed by atoms with Crippen LogP contribution in [-0.2, 0) is 5.41 Å². The van der Waals surface area contributed by atoms with Gasteiger partial charge in [0.1, 0.15) is 0 Å². The summed E-state index contributed by atoms with van der Waals surface area (Å²) in [7, 11) is 2.21. The van der Waals surface area contributed by atoms with Gasteiger partial charge in [0.05, 0.1) is 0 Å². The van der Waals surface area contributed by atoms with Gasteiger partial charge >= 0.3 is 0 Å². The van der Waals surface area contributed by atoms with E-state index in [1.807, 2.05) is 6.07 Å². The Morgan fingerprint density at radius 1 is 1.26 bits per heavy atom. The molecular weight excluding hydrogens is 306 g/mol. The van der Waals surface area contributed by atoms with Crippen molar-refractivity contribution in [3.8, 4) is 11.5 Å².